The molecule has 0 unspecified atom stereocenters. The number of methoxy groups -OCH3 is 2. The molecule has 140 valence electrons. The van der Waals surface area contributed by atoms with Crippen LogP contribution < -0.4 is 14.4 Å². The van der Waals surface area contributed by atoms with Crippen molar-refractivity contribution in [3.8, 4) is 11.5 Å². The lowest BCUT2D eigenvalue weighted by Gasteiger charge is -2.27. The van der Waals surface area contributed by atoms with Crippen LogP contribution in [0.5, 0.6) is 11.5 Å². The molecule has 1 saturated heterocycles. The summed E-state index contributed by atoms with van der Waals surface area (Å²) in [6.07, 6.45) is 5.25. The van der Waals surface area contributed by atoms with E-state index in [1.165, 1.54) is 39.5 Å². The maximum atomic E-state index is 12.9. The highest BCUT2D eigenvalue weighted by molar-refractivity contribution is 7.90. The van der Waals surface area contributed by atoms with E-state index in [9.17, 15) is 8.42 Å². The van der Waals surface area contributed by atoms with Crippen molar-refractivity contribution in [3.63, 3.8) is 0 Å². The van der Waals surface area contributed by atoms with Gasteiger partial charge in [-0.3, -0.25) is 0 Å². The molecular formula is C19H24N2O4S. The van der Waals surface area contributed by atoms with Crippen LogP contribution in [0.1, 0.15) is 24.8 Å². The summed E-state index contributed by atoms with van der Waals surface area (Å²) in [6, 6.07) is 8.50. The summed E-state index contributed by atoms with van der Waals surface area (Å²) in [5.74, 6) is 1.56. The van der Waals surface area contributed by atoms with Gasteiger partial charge in [0, 0.05) is 25.4 Å². The Kier molecular flexibility index (Phi) is 5.66. The van der Waals surface area contributed by atoms with Gasteiger partial charge >= 0.3 is 0 Å². The van der Waals surface area contributed by atoms with Gasteiger partial charge in [-0.1, -0.05) is 6.07 Å². The van der Waals surface area contributed by atoms with E-state index in [1.54, 1.807) is 18.3 Å². The lowest BCUT2D eigenvalue weighted by molar-refractivity contribution is 0.392. The highest BCUT2D eigenvalue weighted by Crippen LogP contribution is 2.30. The van der Waals surface area contributed by atoms with Crippen LogP contribution in [0.15, 0.2) is 41.4 Å². The fourth-order valence-electron chi connectivity index (χ4n) is 3.14. The molecule has 1 aromatic heterocycles. The number of pyridine rings is 1. The van der Waals surface area contributed by atoms with Crippen LogP contribution in [0.2, 0.25) is 0 Å². The van der Waals surface area contributed by atoms with Crippen LogP contribution in [0.3, 0.4) is 0 Å². The predicted molar refractivity (Wildman–Crippen MR) is 101 cm³/mol. The number of piperidine rings is 1. The molecule has 26 heavy (non-hydrogen) atoms. The summed E-state index contributed by atoms with van der Waals surface area (Å²) in [7, 11) is -0.629. The first-order chi connectivity index (χ1) is 12.5. The van der Waals surface area contributed by atoms with Crippen LogP contribution in [0.4, 0.5) is 5.82 Å². The molecule has 2 aromatic rings. The minimum Gasteiger partial charge on any atom is -0.497 e. The van der Waals surface area contributed by atoms with Gasteiger partial charge in [0.2, 0.25) is 0 Å². The molecule has 0 amide bonds. The number of sulfone groups is 1. The Morgan fingerprint density at radius 3 is 2.42 bits per heavy atom. The van der Waals surface area contributed by atoms with Gasteiger partial charge in [-0.15, -0.1) is 0 Å². The van der Waals surface area contributed by atoms with E-state index in [1.807, 2.05) is 12.1 Å². The minimum absolute atomic E-state index is 0.124. The first-order valence-electron chi connectivity index (χ1n) is 8.68. The number of aromatic nitrogens is 1. The maximum absolute atomic E-state index is 12.9. The summed E-state index contributed by atoms with van der Waals surface area (Å²) in [4.78, 5) is 6.83. The van der Waals surface area contributed by atoms with Crippen LogP contribution in [-0.4, -0.2) is 40.7 Å². The maximum Gasteiger partial charge on any atom is 0.186 e. The number of anilines is 1. The van der Waals surface area contributed by atoms with Gasteiger partial charge in [0.05, 0.1) is 20.0 Å². The Hall–Kier alpha value is -2.28. The Morgan fingerprint density at radius 1 is 1.04 bits per heavy atom. The molecule has 1 aliphatic rings. The molecule has 0 atom stereocenters. The monoisotopic (exact) mass is 376 g/mol. The lowest BCUT2D eigenvalue weighted by atomic mass is 10.1. The van der Waals surface area contributed by atoms with Gasteiger partial charge in [0.15, 0.2) is 9.84 Å². The Labute approximate surface area is 154 Å². The Balaban J connectivity index is 1.81. The largest absolute Gasteiger partial charge is 0.497 e. The fraction of sp³-hybridized carbons (Fsp3) is 0.421. The third-order valence-electron chi connectivity index (χ3n) is 4.55. The average molecular weight is 376 g/mol. The average Bonchev–Trinajstić information content (AvgIpc) is 2.68. The van der Waals surface area contributed by atoms with Gasteiger partial charge < -0.3 is 14.4 Å². The molecule has 1 fully saturated rings. The van der Waals surface area contributed by atoms with E-state index in [4.69, 9.17) is 9.47 Å². The van der Waals surface area contributed by atoms with E-state index in [-0.39, 0.29) is 10.6 Å². The minimum atomic E-state index is -3.58. The van der Waals surface area contributed by atoms with Gasteiger partial charge in [0.1, 0.15) is 22.2 Å². The summed E-state index contributed by atoms with van der Waals surface area (Å²) < 4.78 is 36.1. The molecule has 0 bridgehead atoms. The second-order valence-electron chi connectivity index (χ2n) is 6.35. The summed E-state index contributed by atoms with van der Waals surface area (Å²) in [5, 5.41) is 0. The fourth-order valence-corrected chi connectivity index (χ4v) is 4.66. The molecule has 0 saturated carbocycles. The molecule has 1 aromatic carbocycles. The predicted octanol–water partition coefficient (Wildman–Crippen LogP) is 3.06. The number of hydrogen-bond donors (Lipinski definition) is 0. The highest BCUT2D eigenvalue weighted by atomic mass is 32.2. The third-order valence-corrected chi connectivity index (χ3v) is 6.25. The zero-order valence-electron chi connectivity index (χ0n) is 15.1. The zero-order chi connectivity index (χ0) is 18.6. The smallest absolute Gasteiger partial charge is 0.186 e. The SMILES string of the molecule is COc1ccc(OC)c(S(=O)(=O)Cc2ccc(N3CCCCC3)nc2)c1. The van der Waals surface area contributed by atoms with Crippen LogP contribution in [0, 0.1) is 0 Å². The molecular weight excluding hydrogens is 352 g/mol. The topological polar surface area (TPSA) is 68.7 Å². The van der Waals surface area contributed by atoms with Gasteiger partial charge in [-0.05, 0) is 43.0 Å². The van der Waals surface area contributed by atoms with Gasteiger partial charge in [0.25, 0.3) is 0 Å². The van der Waals surface area contributed by atoms with E-state index in [0.29, 0.717) is 17.1 Å². The van der Waals surface area contributed by atoms with E-state index < -0.39 is 9.84 Å². The molecule has 0 radical (unpaired) electrons. The number of nitrogens with zero attached hydrogens (tertiary/aromatic N) is 2. The zero-order valence-corrected chi connectivity index (χ0v) is 16.0. The van der Waals surface area contributed by atoms with Gasteiger partial charge in [-0.25, -0.2) is 13.4 Å². The quantitative estimate of drug-likeness (QED) is 0.772. The Bertz CT molecular complexity index is 844. The van der Waals surface area contributed by atoms with Crippen LogP contribution in [-0.2, 0) is 15.6 Å². The standard InChI is InChI=1S/C19H24N2O4S/c1-24-16-7-8-17(25-2)18(12-16)26(22,23)14-15-6-9-19(20-13-15)21-10-4-3-5-11-21/h6-9,12-13H,3-5,10-11,14H2,1-2H3. The molecule has 0 spiro atoms. The van der Waals surface area contributed by atoms with Gasteiger partial charge in [-0.2, -0.15) is 0 Å². The first-order valence-corrected chi connectivity index (χ1v) is 10.3. The summed E-state index contributed by atoms with van der Waals surface area (Å²) in [6.45, 7) is 2.01. The normalized spacial score (nSPS) is 14.9. The van der Waals surface area contributed by atoms with Crippen LogP contribution >= 0.6 is 0 Å². The van der Waals surface area contributed by atoms with Crippen LogP contribution in [0.25, 0.3) is 0 Å². The third kappa shape index (κ3) is 4.09. The van der Waals surface area contributed by atoms with Crippen molar-refractivity contribution in [2.24, 2.45) is 0 Å². The lowest BCUT2D eigenvalue weighted by Crippen LogP contribution is -2.30. The first kappa shape index (κ1) is 18.5. The molecule has 2 heterocycles. The number of benzene rings is 1. The van der Waals surface area contributed by atoms with E-state index in [0.717, 1.165) is 18.9 Å². The second kappa shape index (κ2) is 7.95. The second-order valence-corrected chi connectivity index (χ2v) is 8.31. The Morgan fingerprint density at radius 2 is 1.81 bits per heavy atom. The highest BCUT2D eigenvalue weighted by Gasteiger charge is 2.22. The number of hydrogen-bond acceptors (Lipinski definition) is 6. The summed E-state index contributed by atoms with van der Waals surface area (Å²) in [5.41, 5.74) is 0.649. The number of rotatable bonds is 6. The van der Waals surface area contributed by atoms with E-state index in [2.05, 4.69) is 9.88 Å². The van der Waals surface area contributed by atoms with Crippen molar-refractivity contribution in [1.82, 2.24) is 4.98 Å². The molecule has 3 rings (SSSR count). The molecule has 1 aliphatic heterocycles. The molecule has 0 aliphatic carbocycles. The summed E-state index contributed by atoms with van der Waals surface area (Å²) >= 11 is 0. The number of ether oxygens (including phenoxy) is 2. The molecule has 0 N–H and O–H groups in total. The van der Waals surface area contributed by atoms with Crippen molar-refractivity contribution >= 4 is 15.7 Å². The van der Waals surface area contributed by atoms with Crippen molar-refractivity contribution in [2.75, 3.05) is 32.2 Å². The van der Waals surface area contributed by atoms with Crippen molar-refractivity contribution in [3.05, 3.63) is 42.1 Å². The van der Waals surface area contributed by atoms with Crippen molar-refractivity contribution < 1.29 is 17.9 Å². The van der Waals surface area contributed by atoms with Crippen molar-refractivity contribution in [1.29, 1.82) is 0 Å². The molecule has 6 nitrogen and oxygen atoms in total. The van der Waals surface area contributed by atoms with E-state index >= 15 is 0 Å². The molecule has 7 heteroatoms. The van der Waals surface area contributed by atoms with Crippen molar-refractivity contribution in [2.45, 2.75) is 29.9 Å².